The van der Waals surface area contributed by atoms with Crippen molar-refractivity contribution in [1.29, 1.82) is 0 Å². The molecule has 0 N–H and O–H groups in total. The van der Waals surface area contributed by atoms with E-state index in [1.165, 1.54) is 0 Å². The number of nitrogens with zero attached hydrogens (tertiary/aromatic N) is 3. The van der Waals surface area contributed by atoms with Crippen LogP contribution >= 0.6 is 0 Å². The van der Waals surface area contributed by atoms with Crippen LogP contribution in [0, 0.1) is 0 Å². The summed E-state index contributed by atoms with van der Waals surface area (Å²) in [6, 6.07) is 0. The van der Waals surface area contributed by atoms with Gasteiger partial charge in [-0.1, -0.05) is 0 Å². The molecule has 21 heavy (non-hydrogen) atoms. The van der Waals surface area contributed by atoms with Crippen molar-refractivity contribution in [3.05, 3.63) is 12.3 Å². The molecule has 6 heteroatoms. The standard InChI is InChI=1S/C15H24BN3O2/c1-14(2)15(3,4)21-16(20-14)12-10-18-13(11-17-12)19-8-6-5-7-9-19/h10-11H,5-9H2,1-4H3/i5D2,6D2,7D2,8D2,9D2,10D,11D. The van der Waals surface area contributed by atoms with E-state index in [4.69, 9.17) is 25.8 Å². The number of hydrogen-bond donors (Lipinski definition) is 0. The molecular weight excluding hydrogens is 265 g/mol. The van der Waals surface area contributed by atoms with Crippen LogP contribution in [0.1, 0.15) is 63.3 Å². The SMILES string of the molecule is [2H]c1nc(N2C([2H])([2H])C([2H])([2H])C([2H])([2H])C([2H])([2H])C2([2H])[2H])c([2H])nc1B1OC(C)(C)C(C)(C)O1. The lowest BCUT2D eigenvalue weighted by atomic mass is 9.85. The predicted molar refractivity (Wildman–Crippen MR) is 83.8 cm³/mol. The lowest BCUT2D eigenvalue weighted by molar-refractivity contribution is 0.00578. The first-order chi connectivity index (χ1) is 14.5. The summed E-state index contributed by atoms with van der Waals surface area (Å²) in [7, 11) is -1.21. The Morgan fingerprint density at radius 1 is 1.10 bits per heavy atom. The minimum atomic E-state index is -3.61. The molecule has 1 aromatic rings. The molecule has 0 spiro atoms. The normalized spacial score (nSPS) is 44.8. The number of hydrogen-bond acceptors (Lipinski definition) is 5. The zero-order chi connectivity index (χ0) is 25.8. The Kier molecular flexibility index (Phi) is 1.54. The summed E-state index contributed by atoms with van der Waals surface area (Å²) in [6.07, 6.45) is -12.4. The van der Waals surface area contributed by atoms with Gasteiger partial charge in [-0.05, 0) is 46.8 Å². The summed E-state index contributed by atoms with van der Waals surface area (Å²) >= 11 is 0. The molecule has 0 amide bonds. The predicted octanol–water partition coefficient (Wildman–Crippen LogP) is 1.77. The van der Waals surface area contributed by atoms with E-state index in [0.717, 1.165) is 0 Å². The molecular formula is C15H24BN3O2. The van der Waals surface area contributed by atoms with E-state index < -0.39 is 68.6 Å². The summed E-state index contributed by atoms with van der Waals surface area (Å²) in [6.45, 7) is -0.0589. The largest absolute Gasteiger partial charge is 0.516 e. The molecule has 2 saturated heterocycles. The highest BCUT2D eigenvalue weighted by atomic mass is 16.7. The maximum Gasteiger partial charge on any atom is 0.516 e. The van der Waals surface area contributed by atoms with Gasteiger partial charge in [-0.3, -0.25) is 4.98 Å². The Bertz CT molecular complexity index is 941. The van der Waals surface area contributed by atoms with Crippen LogP contribution in [0.15, 0.2) is 12.3 Å². The molecule has 1 aromatic heterocycles. The molecule has 0 bridgehead atoms. The fourth-order valence-electron chi connectivity index (χ4n) is 1.76. The third-order valence-electron chi connectivity index (χ3n) is 3.70. The fourth-order valence-corrected chi connectivity index (χ4v) is 1.76. The first-order valence-corrected chi connectivity index (χ1v) is 6.48. The van der Waals surface area contributed by atoms with Crippen LogP contribution in [0.2, 0.25) is 0 Å². The monoisotopic (exact) mass is 301 g/mol. The zero-order valence-electron chi connectivity index (χ0n) is 24.2. The number of piperidine rings is 1. The third kappa shape index (κ3) is 2.79. The minimum absolute atomic E-state index is 0.0806. The summed E-state index contributed by atoms with van der Waals surface area (Å²) in [4.78, 5) is 7.55. The quantitative estimate of drug-likeness (QED) is 0.779. The Morgan fingerprint density at radius 3 is 2.33 bits per heavy atom. The summed E-state index contributed by atoms with van der Waals surface area (Å²) in [5.74, 6) is -0.960. The average molecular weight is 301 g/mol. The van der Waals surface area contributed by atoms with E-state index in [9.17, 15) is 0 Å². The van der Waals surface area contributed by atoms with Crippen molar-refractivity contribution in [1.82, 2.24) is 9.97 Å². The molecule has 0 unspecified atom stereocenters. The van der Waals surface area contributed by atoms with Crippen molar-refractivity contribution in [3.63, 3.8) is 0 Å². The topological polar surface area (TPSA) is 47.5 Å². The van der Waals surface area contributed by atoms with Crippen molar-refractivity contribution in [3.8, 4) is 0 Å². The van der Waals surface area contributed by atoms with E-state index in [-0.39, 0.29) is 10.5 Å². The highest BCUT2D eigenvalue weighted by Crippen LogP contribution is 2.36. The summed E-state index contributed by atoms with van der Waals surface area (Å²) in [5.41, 5.74) is -1.87. The van der Waals surface area contributed by atoms with Gasteiger partial charge in [0.25, 0.3) is 0 Å². The van der Waals surface area contributed by atoms with Gasteiger partial charge in [-0.15, -0.1) is 0 Å². The molecule has 2 aliphatic rings. The summed E-state index contributed by atoms with van der Waals surface area (Å²) < 4.78 is 109. The lowest BCUT2D eigenvalue weighted by Crippen LogP contribution is -2.41. The Morgan fingerprint density at radius 2 is 1.71 bits per heavy atom. The Hall–Kier alpha value is -1.14. The van der Waals surface area contributed by atoms with E-state index in [2.05, 4.69) is 9.97 Å². The molecule has 0 aliphatic carbocycles. The first kappa shape index (κ1) is 6.16. The zero-order valence-corrected chi connectivity index (χ0v) is 12.2. The summed E-state index contributed by atoms with van der Waals surface area (Å²) in [5, 5.41) is 0. The lowest BCUT2D eigenvalue weighted by Gasteiger charge is -2.32. The molecule has 3 rings (SSSR count). The molecule has 2 aliphatic heterocycles. The molecule has 0 aromatic carbocycles. The third-order valence-corrected chi connectivity index (χ3v) is 3.70. The van der Waals surface area contributed by atoms with Crippen molar-refractivity contribution < 1.29 is 25.8 Å². The van der Waals surface area contributed by atoms with Crippen molar-refractivity contribution in [2.45, 2.75) is 58.0 Å². The molecule has 0 saturated carbocycles. The molecule has 5 nitrogen and oxygen atoms in total. The van der Waals surface area contributed by atoms with Crippen LogP contribution in [-0.2, 0) is 9.31 Å². The second kappa shape index (κ2) is 5.25. The molecule has 114 valence electrons. The Labute approximate surface area is 144 Å². The van der Waals surface area contributed by atoms with E-state index in [1.807, 2.05) is 0 Å². The van der Waals surface area contributed by atoms with E-state index in [0.29, 0.717) is 0 Å². The van der Waals surface area contributed by atoms with Crippen molar-refractivity contribution in [2.24, 2.45) is 0 Å². The van der Waals surface area contributed by atoms with Crippen LogP contribution in [0.3, 0.4) is 0 Å². The highest BCUT2D eigenvalue weighted by Gasteiger charge is 2.52. The second-order valence-corrected chi connectivity index (χ2v) is 5.68. The van der Waals surface area contributed by atoms with E-state index >= 15 is 0 Å². The van der Waals surface area contributed by atoms with Gasteiger partial charge in [-0.25, -0.2) is 4.98 Å². The van der Waals surface area contributed by atoms with Crippen molar-refractivity contribution in [2.75, 3.05) is 17.9 Å². The molecule has 0 atom stereocenters. The van der Waals surface area contributed by atoms with Gasteiger partial charge < -0.3 is 14.2 Å². The molecule has 0 radical (unpaired) electrons. The van der Waals surface area contributed by atoms with Gasteiger partial charge in [0.05, 0.1) is 25.7 Å². The molecule has 3 heterocycles. The van der Waals surface area contributed by atoms with Crippen LogP contribution in [0.5, 0.6) is 0 Å². The van der Waals surface area contributed by atoms with Crippen LogP contribution in [-0.4, -0.2) is 41.3 Å². The van der Waals surface area contributed by atoms with Gasteiger partial charge in [0, 0.05) is 32.9 Å². The van der Waals surface area contributed by atoms with Crippen LogP contribution in [0.4, 0.5) is 5.82 Å². The minimum Gasteiger partial charge on any atom is -0.398 e. The number of anilines is 1. The smallest absolute Gasteiger partial charge is 0.398 e. The van der Waals surface area contributed by atoms with Gasteiger partial charge in [0.15, 0.2) is 0 Å². The maximum atomic E-state index is 8.24. The van der Waals surface area contributed by atoms with Gasteiger partial charge in [-0.2, -0.15) is 0 Å². The van der Waals surface area contributed by atoms with Crippen molar-refractivity contribution >= 4 is 18.5 Å². The number of aromatic nitrogens is 2. The van der Waals surface area contributed by atoms with Crippen LogP contribution < -0.4 is 10.5 Å². The Balaban J connectivity index is 2.18. The first-order valence-electron chi connectivity index (χ1n) is 12.5. The maximum absolute atomic E-state index is 8.24. The van der Waals surface area contributed by atoms with Gasteiger partial charge in [0.2, 0.25) is 0 Å². The second-order valence-electron chi connectivity index (χ2n) is 5.68. The van der Waals surface area contributed by atoms with Crippen LogP contribution in [0.25, 0.3) is 0 Å². The highest BCUT2D eigenvalue weighted by molar-refractivity contribution is 6.61. The average Bonchev–Trinajstić information content (AvgIpc) is 2.83. The molecule has 2 fully saturated rings. The number of rotatable bonds is 2. The van der Waals surface area contributed by atoms with E-state index in [1.54, 1.807) is 27.7 Å². The fraction of sp³-hybridized carbons (Fsp3) is 0.733. The van der Waals surface area contributed by atoms with Gasteiger partial charge >= 0.3 is 7.12 Å². The van der Waals surface area contributed by atoms with Gasteiger partial charge in [0.1, 0.15) is 5.82 Å².